The van der Waals surface area contributed by atoms with Gasteiger partial charge in [-0.25, -0.2) is 4.98 Å². The lowest BCUT2D eigenvalue weighted by molar-refractivity contribution is -0.118. The van der Waals surface area contributed by atoms with Crippen LogP contribution in [0.2, 0.25) is 0 Å². The van der Waals surface area contributed by atoms with Crippen LogP contribution in [0.4, 0.5) is 0 Å². The summed E-state index contributed by atoms with van der Waals surface area (Å²) >= 11 is 1.28. The number of amides is 1. The van der Waals surface area contributed by atoms with E-state index in [-0.39, 0.29) is 11.7 Å². The summed E-state index contributed by atoms with van der Waals surface area (Å²) in [4.78, 5) is 16.4. The fraction of sp³-hybridized carbons (Fsp3) is 0.316. The van der Waals surface area contributed by atoms with Crippen LogP contribution in [0.25, 0.3) is 11.3 Å². The molecule has 1 aromatic heterocycles. The predicted octanol–water partition coefficient (Wildman–Crippen LogP) is 3.49. The average Bonchev–Trinajstić information content (AvgIpc) is 2.64. The molecule has 0 radical (unpaired) electrons. The summed E-state index contributed by atoms with van der Waals surface area (Å²) < 4.78 is 5.16. The van der Waals surface area contributed by atoms with E-state index >= 15 is 0 Å². The number of nitrogens with zero attached hydrogens (tertiary/aromatic N) is 2. The highest BCUT2D eigenvalue weighted by Crippen LogP contribution is 2.26. The number of carbonyl (C=O) groups excluding carboxylic acids is 1. The zero-order chi connectivity index (χ0) is 18.2. The van der Waals surface area contributed by atoms with Crippen molar-refractivity contribution in [2.75, 3.05) is 19.4 Å². The van der Waals surface area contributed by atoms with Crippen LogP contribution < -0.4 is 10.1 Å². The van der Waals surface area contributed by atoms with E-state index < -0.39 is 0 Å². The molecule has 6 heteroatoms. The number of methoxy groups -OCH3 is 1. The Morgan fingerprint density at radius 2 is 2.00 bits per heavy atom. The van der Waals surface area contributed by atoms with Crippen LogP contribution in [0.3, 0.4) is 0 Å². The van der Waals surface area contributed by atoms with Gasteiger partial charge in [-0.2, -0.15) is 5.26 Å². The molecule has 0 aliphatic carbocycles. The highest BCUT2D eigenvalue weighted by molar-refractivity contribution is 8.00. The van der Waals surface area contributed by atoms with Gasteiger partial charge >= 0.3 is 0 Å². The number of hydrogen-bond acceptors (Lipinski definition) is 5. The van der Waals surface area contributed by atoms with Crippen molar-refractivity contribution in [3.05, 3.63) is 42.0 Å². The van der Waals surface area contributed by atoms with Crippen LogP contribution >= 0.6 is 11.8 Å². The number of thioether (sulfide) groups is 1. The van der Waals surface area contributed by atoms with Gasteiger partial charge in [-0.1, -0.05) is 25.6 Å². The first-order valence-electron chi connectivity index (χ1n) is 7.98. The smallest absolute Gasteiger partial charge is 0.230 e. The summed E-state index contributed by atoms with van der Waals surface area (Å²) in [5, 5.41) is 12.7. The maximum absolute atomic E-state index is 11.9. The lowest BCUT2D eigenvalue weighted by Gasteiger charge is -2.09. The van der Waals surface area contributed by atoms with Crippen LogP contribution in [0.15, 0.2) is 41.4 Å². The number of nitriles is 1. The normalized spacial score (nSPS) is 10.4. The van der Waals surface area contributed by atoms with Gasteiger partial charge in [-0.05, 0) is 42.3 Å². The summed E-state index contributed by atoms with van der Waals surface area (Å²) in [6.45, 7) is 4.73. The van der Waals surface area contributed by atoms with Crippen molar-refractivity contribution in [3.63, 3.8) is 0 Å². The van der Waals surface area contributed by atoms with E-state index in [1.165, 1.54) is 11.8 Å². The van der Waals surface area contributed by atoms with E-state index in [0.717, 1.165) is 17.0 Å². The topological polar surface area (TPSA) is 75.0 Å². The summed E-state index contributed by atoms with van der Waals surface area (Å²) in [6, 6.07) is 13.2. The monoisotopic (exact) mass is 355 g/mol. The van der Waals surface area contributed by atoms with Gasteiger partial charge in [0.25, 0.3) is 0 Å². The van der Waals surface area contributed by atoms with E-state index in [0.29, 0.717) is 23.1 Å². The Balaban J connectivity index is 2.13. The molecule has 1 heterocycles. The highest BCUT2D eigenvalue weighted by atomic mass is 32.2. The molecular weight excluding hydrogens is 334 g/mol. The molecule has 1 aromatic carbocycles. The van der Waals surface area contributed by atoms with Crippen molar-refractivity contribution in [1.29, 1.82) is 5.26 Å². The minimum Gasteiger partial charge on any atom is -0.497 e. The molecule has 0 aliphatic heterocycles. The molecule has 0 unspecified atom stereocenters. The summed E-state index contributed by atoms with van der Waals surface area (Å²) in [6.07, 6.45) is 0. The SMILES string of the molecule is COc1ccc(-c2ccc(C#N)c(SCC(=O)NCC(C)C)n2)cc1. The Hall–Kier alpha value is -2.52. The Labute approximate surface area is 152 Å². The number of rotatable bonds is 7. The van der Waals surface area contributed by atoms with Crippen molar-refractivity contribution in [3.8, 4) is 23.1 Å². The number of carbonyl (C=O) groups is 1. The zero-order valence-electron chi connectivity index (χ0n) is 14.6. The molecule has 130 valence electrons. The van der Waals surface area contributed by atoms with E-state index in [1.54, 1.807) is 13.2 Å². The second kappa shape index (κ2) is 9.09. The van der Waals surface area contributed by atoms with Gasteiger partial charge < -0.3 is 10.1 Å². The van der Waals surface area contributed by atoms with Crippen molar-refractivity contribution < 1.29 is 9.53 Å². The van der Waals surface area contributed by atoms with Crippen molar-refractivity contribution >= 4 is 17.7 Å². The van der Waals surface area contributed by atoms with Crippen molar-refractivity contribution in [2.45, 2.75) is 18.9 Å². The largest absolute Gasteiger partial charge is 0.497 e. The first-order chi connectivity index (χ1) is 12.0. The Kier molecular flexibility index (Phi) is 6.84. The van der Waals surface area contributed by atoms with Gasteiger partial charge in [-0.3, -0.25) is 4.79 Å². The van der Waals surface area contributed by atoms with Crippen LogP contribution in [0, 0.1) is 17.2 Å². The molecule has 2 aromatic rings. The molecule has 0 bridgehead atoms. The third-order valence-electron chi connectivity index (χ3n) is 3.41. The molecule has 0 aliphatic rings. The van der Waals surface area contributed by atoms with Gasteiger partial charge in [0.05, 0.1) is 24.1 Å². The molecule has 25 heavy (non-hydrogen) atoms. The first kappa shape index (κ1) is 18.8. The standard InChI is InChI=1S/C19H21N3O2S/c1-13(2)11-21-18(23)12-25-19-15(10-20)6-9-17(22-19)14-4-7-16(24-3)8-5-14/h4-9,13H,11-12H2,1-3H3,(H,21,23). The third kappa shape index (κ3) is 5.50. The molecule has 5 nitrogen and oxygen atoms in total. The Morgan fingerprint density at radius 3 is 2.60 bits per heavy atom. The number of aromatic nitrogens is 1. The van der Waals surface area contributed by atoms with Crippen molar-refractivity contribution in [1.82, 2.24) is 10.3 Å². The summed E-state index contributed by atoms with van der Waals surface area (Å²) in [5.74, 6) is 1.36. The number of pyridine rings is 1. The predicted molar refractivity (Wildman–Crippen MR) is 99.5 cm³/mol. The first-order valence-corrected chi connectivity index (χ1v) is 8.97. The van der Waals surface area contributed by atoms with Crippen LogP contribution in [0.5, 0.6) is 5.75 Å². The number of nitrogens with one attached hydrogen (secondary N) is 1. The molecular formula is C19H21N3O2S. The quantitative estimate of drug-likeness (QED) is 0.770. The fourth-order valence-electron chi connectivity index (χ4n) is 2.06. The maximum atomic E-state index is 11.9. The molecule has 1 N–H and O–H groups in total. The number of benzene rings is 1. The Morgan fingerprint density at radius 1 is 1.28 bits per heavy atom. The lowest BCUT2D eigenvalue weighted by Crippen LogP contribution is -2.28. The van der Waals surface area contributed by atoms with Gasteiger partial charge in [0.15, 0.2) is 0 Å². The Bertz CT molecular complexity index is 767. The van der Waals surface area contributed by atoms with E-state index in [4.69, 9.17) is 4.74 Å². The zero-order valence-corrected chi connectivity index (χ0v) is 15.4. The molecule has 1 amide bonds. The van der Waals surface area contributed by atoms with Gasteiger partial charge in [0.2, 0.25) is 5.91 Å². The molecule has 0 saturated carbocycles. The number of hydrogen-bond donors (Lipinski definition) is 1. The fourth-order valence-corrected chi connectivity index (χ4v) is 2.86. The van der Waals surface area contributed by atoms with Gasteiger partial charge in [-0.15, -0.1) is 0 Å². The summed E-state index contributed by atoms with van der Waals surface area (Å²) in [7, 11) is 1.62. The molecule has 0 saturated heterocycles. The van der Waals surface area contributed by atoms with E-state index in [9.17, 15) is 10.1 Å². The second-order valence-electron chi connectivity index (χ2n) is 5.88. The lowest BCUT2D eigenvalue weighted by atomic mass is 10.1. The summed E-state index contributed by atoms with van der Waals surface area (Å²) in [5.41, 5.74) is 2.15. The maximum Gasteiger partial charge on any atom is 0.230 e. The second-order valence-corrected chi connectivity index (χ2v) is 6.84. The molecule has 0 spiro atoms. The highest BCUT2D eigenvalue weighted by Gasteiger charge is 2.11. The number of ether oxygens (including phenoxy) is 1. The van der Waals surface area contributed by atoms with Gasteiger partial charge in [0.1, 0.15) is 16.8 Å². The molecule has 0 atom stereocenters. The minimum absolute atomic E-state index is 0.0563. The third-order valence-corrected chi connectivity index (χ3v) is 4.41. The van der Waals surface area contributed by atoms with Gasteiger partial charge in [0, 0.05) is 12.1 Å². The molecule has 2 rings (SSSR count). The van der Waals surface area contributed by atoms with Crippen LogP contribution in [-0.4, -0.2) is 30.3 Å². The van der Waals surface area contributed by atoms with E-state index in [2.05, 4.69) is 16.4 Å². The minimum atomic E-state index is -0.0563. The van der Waals surface area contributed by atoms with Crippen LogP contribution in [0.1, 0.15) is 19.4 Å². The van der Waals surface area contributed by atoms with Crippen LogP contribution in [-0.2, 0) is 4.79 Å². The van der Waals surface area contributed by atoms with Crippen molar-refractivity contribution in [2.24, 2.45) is 5.92 Å². The molecule has 0 fully saturated rings. The van der Waals surface area contributed by atoms with E-state index in [1.807, 2.05) is 44.2 Å². The average molecular weight is 355 g/mol.